The number of benzene rings is 2. The van der Waals surface area contributed by atoms with E-state index in [4.69, 9.17) is 14.2 Å². The normalized spacial score (nSPS) is 27.2. The Morgan fingerprint density at radius 3 is 2.67 bits per heavy atom. The molecule has 18 heteroatoms. The Morgan fingerprint density at radius 2 is 1.86 bits per heavy atom. The molecule has 4 atom stereocenters. The van der Waals surface area contributed by atoms with Crippen molar-refractivity contribution >= 4 is 39.7 Å². The monoisotopic (exact) mass is 799 g/mol. The van der Waals surface area contributed by atoms with Crippen LogP contribution in [0, 0.1) is 11.6 Å². The van der Waals surface area contributed by atoms with E-state index < -0.39 is 66.3 Å². The van der Waals surface area contributed by atoms with Crippen LogP contribution in [-0.2, 0) is 11.2 Å². The second-order valence-corrected chi connectivity index (χ2v) is 16.2. The highest BCUT2D eigenvalue weighted by Crippen LogP contribution is 2.43. The molecule has 1 N–H and O–H groups in total. The van der Waals surface area contributed by atoms with Crippen LogP contribution in [0.4, 0.5) is 41.7 Å². The number of fused-ring (bicyclic) bond motifs is 7. The molecule has 2 aromatic carbocycles. The number of hydrogen-bond acceptors (Lipinski definition) is 10. The van der Waals surface area contributed by atoms with E-state index in [9.17, 15) is 22.8 Å². The highest BCUT2D eigenvalue weighted by molar-refractivity contribution is 6.02. The fourth-order valence-electron chi connectivity index (χ4n) is 9.24. The van der Waals surface area contributed by atoms with Gasteiger partial charge in [-0.2, -0.15) is 9.97 Å². The lowest BCUT2D eigenvalue weighted by Gasteiger charge is -2.42. The highest BCUT2D eigenvalue weighted by Gasteiger charge is 2.50. The molecular formula is C39H39F6N7O5. The number of nitrogens with zero attached hydrogens (tertiary/aromatic N) is 6. The second-order valence-electron chi connectivity index (χ2n) is 16.2. The number of alkyl halides is 4. The Hall–Kier alpha value is -5.13. The minimum Gasteiger partial charge on any atom is -0.461 e. The number of halogens is 6. The third-order valence-electron chi connectivity index (χ3n) is 11.7. The maximum Gasteiger partial charge on any atom is 0.415 e. The van der Waals surface area contributed by atoms with Crippen LogP contribution in [0.15, 0.2) is 30.5 Å². The third-order valence-corrected chi connectivity index (χ3v) is 11.7. The fourth-order valence-corrected chi connectivity index (χ4v) is 9.24. The summed E-state index contributed by atoms with van der Waals surface area (Å²) in [5.74, 6) is -4.74. The van der Waals surface area contributed by atoms with Crippen molar-refractivity contribution in [3.05, 3.63) is 47.7 Å². The largest absolute Gasteiger partial charge is 0.461 e. The number of carbonyl (C=O) groups is 2. The molecule has 6 aliphatic heterocycles. The summed E-state index contributed by atoms with van der Waals surface area (Å²) < 4.78 is 108. The van der Waals surface area contributed by atoms with Crippen LogP contribution >= 0.6 is 0 Å². The van der Waals surface area contributed by atoms with E-state index in [-0.39, 0.29) is 109 Å². The first kappa shape index (κ1) is 37.4. The van der Waals surface area contributed by atoms with Crippen LogP contribution in [-0.4, -0.2) is 119 Å². The van der Waals surface area contributed by atoms with Gasteiger partial charge in [-0.25, -0.2) is 35.9 Å². The SMILES string of the molecule is C[C@@]12C[C@@H](F)CN(C1)c1nc(OC[C@@]34CCCN3C[C@H](F)C4)nc3c(F)c(ncc13)-c1cc(OC(=O)N3CC(F)(F)C3)cc3ccc(F)c(c13)CCCOC(=O)N2. The topological polar surface area (TPSA) is 122 Å². The zero-order valence-corrected chi connectivity index (χ0v) is 30.9. The van der Waals surface area contributed by atoms with Crippen LogP contribution in [0.2, 0.25) is 0 Å². The van der Waals surface area contributed by atoms with Gasteiger partial charge in [-0.15, -0.1) is 0 Å². The van der Waals surface area contributed by atoms with Crippen molar-refractivity contribution in [2.75, 3.05) is 57.4 Å². The first-order valence-corrected chi connectivity index (χ1v) is 19.0. The number of pyridine rings is 1. The predicted molar refractivity (Wildman–Crippen MR) is 194 cm³/mol. The molecule has 57 heavy (non-hydrogen) atoms. The molecule has 0 aliphatic carbocycles. The molecule has 6 aliphatic rings. The van der Waals surface area contributed by atoms with Crippen LogP contribution in [0.1, 0.15) is 44.6 Å². The fraction of sp³-hybridized carbons (Fsp3) is 0.513. The first-order chi connectivity index (χ1) is 27.2. The summed E-state index contributed by atoms with van der Waals surface area (Å²) in [4.78, 5) is 44.0. The molecule has 0 radical (unpaired) electrons. The zero-order valence-electron chi connectivity index (χ0n) is 30.9. The molecule has 4 fully saturated rings. The van der Waals surface area contributed by atoms with Gasteiger partial charge < -0.3 is 24.4 Å². The highest BCUT2D eigenvalue weighted by atomic mass is 19.3. The number of hydrogen-bond donors (Lipinski definition) is 1. The number of ether oxygens (including phenoxy) is 3. The molecular weight excluding hydrogens is 760 g/mol. The van der Waals surface area contributed by atoms with Crippen LogP contribution in [0.25, 0.3) is 32.9 Å². The molecule has 10 rings (SSSR count). The average Bonchev–Trinajstić information content (AvgIpc) is 3.66. The Morgan fingerprint density at radius 1 is 1.05 bits per heavy atom. The van der Waals surface area contributed by atoms with Gasteiger partial charge in [0, 0.05) is 37.7 Å². The number of nitrogens with one attached hydrogen (secondary N) is 1. The number of amides is 2. The van der Waals surface area contributed by atoms with Crippen molar-refractivity contribution in [1.82, 2.24) is 30.1 Å². The predicted octanol–water partition coefficient (Wildman–Crippen LogP) is 6.51. The van der Waals surface area contributed by atoms with Crippen molar-refractivity contribution in [3.63, 3.8) is 0 Å². The van der Waals surface area contributed by atoms with Gasteiger partial charge in [0.05, 0.1) is 42.7 Å². The summed E-state index contributed by atoms with van der Waals surface area (Å²) in [6.07, 6.45) is -1.18. The number of piperidine rings is 1. The lowest BCUT2D eigenvalue weighted by molar-refractivity contribution is -0.115. The minimum atomic E-state index is -3.05. The van der Waals surface area contributed by atoms with E-state index in [0.717, 1.165) is 11.3 Å². The van der Waals surface area contributed by atoms with Gasteiger partial charge in [-0.1, -0.05) is 6.07 Å². The Kier molecular flexibility index (Phi) is 9.04. The van der Waals surface area contributed by atoms with Crippen molar-refractivity contribution in [3.8, 4) is 23.0 Å². The molecule has 2 aromatic heterocycles. The average molecular weight is 800 g/mol. The quantitative estimate of drug-likeness (QED) is 0.229. The molecule has 4 aromatic rings. The van der Waals surface area contributed by atoms with Crippen LogP contribution in [0.5, 0.6) is 11.8 Å². The summed E-state index contributed by atoms with van der Waals surface area (Å²) in [5.41, 5.74) is -2.23. The first-order valence-electron chi connectivity index (χ1n) is 19.0. The summed E-state index contributed by atoms with van der Waals surface area (Å²) in [6.45, 7) is 0.699. The Labute approximate surface area is 322 Å². The van der Waals surface area contributed by atoms with E-state index in [1.807, 2.05) is 4.90 Å². The van der Waals surface area contributed by atoms with Gasteiger partial charge >= 0.3 is 18.2 Å². The molecule has 12 nitrogen and oxygen atoms in total. The van der Waals surface area contributed by atoms with Crippen LogP contribution in [0.3, 0.4) is 0 Å². The molecule has 2 amide bonds. The van der Waals surface area contributed by atoms with E-state index in [1.54, 1.807) is 11.8 Å². The van der Waals surface area contributed by atoms with Gasteiger partial charge in [-0.3, -0.25) is 14.8 Å². The van der Waals surface area contributed by atoms with Crippen molar-refractivity contribution in [2.24, 2.45) is 0 Å². The number of rotatable bonds is 4. The Balaban J connectivity index is 1.21. The number of likely N-dealkylation sites (tertiary alicyclic amines) is 1. The summed E-state index contributed by atoms with van der Waals surface area (Å²) in [7, 11) is 0. The van der Waals surface area contributed by atoms with E-state index in [2.05, 4.69) is 20.3 Å². The number of aromatic nitrogens is 3. The van der Waals surface area contributed by atoms with Gasteiger partial charge in [0.1, 0.15) is 47.5 Å². The van der Waals surface area contributed by atoms with Crippen molar-refractivity contribution < 1.29 is 50.1 Å². The lowest BCUT2D eigenvalue weighted by atomic mass is 9.90. The molecule has 6 bridgehead atoms. The number of carbonyl (C=O) groups excluding carboxylic acids is 2. The molecule has 0 spiro atoms. The number of aryl methyl sites for hydroxylation is 1. The van der Waals surface area contributed by atoms with E-state index in [0.29, 0.717) is 18.4 Å². The molecule has 0 saturated carbocycles. The second kappa shape index (κ2) is 13.8. The summed E-state index contributed by atoms with van der Waals surface area (Å²) in [6, 6.07) is 5.03. The maximum absolute atomic E-state index is 17.4. The molecule has 8 heterocycles. The maximum atomic E-state index is 17.4. The molecule has 0 unspecified atom stereocenters. The molecule has 4 saturated heterocycles. The van der Waals surface area contributed by atoms with Gasteiger partial charge in [0.25, 0.3) is 5.92 Å². The minimum absolute atomic E-state index is 0.00135. The van der Waals surface area contributed by atoms with Crippen LogP contribution < -0.4 is 19.7 Å². The molecule has 302 valence electrons. The van der Waals surface area contributed by atoms with Crippen molar-refractivity contribution in [2.45, 2.75) is 74.8 Å². The van der Waals surface area contributed by atoms with Crippen molar-refractivity contribution in [1.29, 1.82) is 0 Å². The van der Waals surface area contributed by atoms with Gasteiger partial charge in [0.15, 0.2) is 5.82 Å². The van der Waals surface area contributed by atoms with Gasteiger partial charge in [0.2, 0.25) is 0 Å². The zero-order chi connectivity index (χ0) is 39.9. The lowest BCUT2D eigenvalue weighted by Crippen LogP contribution is -2.60. The Bertz CT molecular complexity index is 2300. The smallest absolute Gasteiger partial charge is 0.415 e. The number of anilines is 1. The van der Waals surface area contributed by atoms with E-state index in [1.165, 1.54) is 30.5 Å². The van der Waals surface area contributed by atoms with Gasteiger partial charge in [-0.05, 0) is 73.7 Å². The van der Waals surface area contributed by atoms with E-state index >= 15 is 13.2 Å². The third kappa shape index (κ3) is 6.88. The number of alkyl carbamates (subject to hydrolysis) is 1. The summed E-state index contributed by atoms with van der Waals surface area (Å²) >= 11 is 0. The summed E-state index contributed by atoms with van der Waals surface area (Å²) in [5, 5.41) is 3.38. The standard InChI is InChI=1S/C39H39F6N7O5/c1-37-12-22(40)15-50(17-37)33-27-14-46-31(30(43)32(27)47-34(48-33)56-20-38-7-3-8-52(38)16-23(41)13-38)26-11-24(57-36(54)51-18-39(44,45)19-51)10-21-5-6-28(42)25(29(21)26)4-2-9-55-35(53)49-37/h5-6,10-11,14,22-23H,2-4,7-9,12-13,15-20H2,1H3,(H,49,53)/t22-,23-,37-,38+/m1/s1.